The van der Waals surface area contributed by atoms with Gasteiger partial charge in [0.25, 0.3) is 0 Å². The van der Waals surface area contributed by atoms with Gasteiger partial charge in [-0.1, -0.05) is 18.2 Å². The summed E-state index contributed by atoms with van der Waals surface area (Å²) in [5.41, 5.74) is 10.6. The molecule has 0 saturated carbocycles. The Morgan fingerprint density at radius 3 is 2.61 bits per heavy atom. The van der Waals surface area contributed by atoms with Crippen molar-refractivity contribution in [1.82, 2.24) is 4.98 Å². The van der Waals surface area contributed by atoms with E-state index in [1.54, 1.807) is 19.5 Å². The van der Waals surface area contributed by atoms with Crippen LogP contribution in [0.5, 0.6) is 5.75 Å². The van der Waals surface area contributed by atoms with Crippen molar-refractivity contribution < 1.29 is 4.74 Å². The van der Waals surface area contributed by atoms with Crippen LogP contribution in [0.15, 0.2) is 36.7 Å². The summed E-state index contributed by atoms with van der Waals surface area (Å²) < 4.78 is 5.50. The number of hydrogen-bond acceptors (Lipinski definition) is 3. The molecule has 1 aromatic heterocycles. The van der Waals surface area contributed by atoms with Gasteiger partial charge in [0.05, 0.1) is 13.2 Å². The quantitative estimate of drug-likeness (QED) is 0.900. The monoisotopic (exact) mass is 242 g/mol. The molecule has 2 aromatic rings. The third kappa shape index (κ3) is 2.22. The maximum atomic E-state index is 6.29. The molecule has 18 heavy (non-hydrogen) atoms. The lowest BCUT2D eigenvalue weighted by Crippen LogP contribution is -2.14. The lowest BCUT2D eigenvalue weighted by Gasteiger charge is -2.18. The molecule has 0 aliphatic rings. The number of aryl methyl sites for hydroxylation is 1. The number of nitrogens with two attached hydrogens (primary N) is 1. The smallest absolute Gasteiger partial charge is 0.127 e. The highest BCUT2D eigenvalue weighted by Gasteiger charge is 2.16. The van der Waals surface area contributed by atoms with Gasteiger partial charge in [-0.05, 0) is 36.6 Å². The van der Waals surface area contributed by atoms with Crippen molar-refractivity contribution in [1.29, 1.82) is 0 Å². The average molecular weight is 242 g/mol. The number of pyridine rings is 1. The lowest BCUT2D eigenvalue weighted by molar-refractivity contribution is 0.404. The number of rotatable bonds is 3. The minimum Gasteiger partial charge on any atom is -0.496 e. The predicted octanol–water partition coefficient (Wildman–Crippen LogP) is 2.76. The van der Waals surface area contributed by atoms with Crippen molar-refractivity contribution in [2.45, 2.75) is 19.9 Å². The third-order valence-electron chi connectivity index (χ3n) is 3.29. The number of benzene rings is 1. The third-order valence-corrected chi connectivity index (χ3v) is 3.29. The molecule has 3 nitrogen and oxygen atoms in total. The van der Waals surface area contributed by atoms with Crippen LogP contribution in [0.25, 0.3) is 0 Å². The molecule has 2 rings (SSSR count). The van der Waals surface area contributed by atoms with Crippen LogP contribution in [-0.4, -0.2) is 12.1 Å². The van der Waals surface area contributed by atoms with Crippen LogP contribution in [0.3, 0.4) is 0 Å². The van der Waals surface area contributed by atoms with Crippen LogP contribution in [0.2, 0.25) is 0 Å². The van der Waals surface area contributed by atoms with Gasteiger partial charge in [0.2, 0.25) is 0 Å². The van der Waals surface area contributed by atoms with Crippen molar-refractivity contribution in [3.8, 4) is 5.75 Å². The van der Waals surface area contributed by atoms with Crippen molar-refractivity contribution in [2.24, 2.45) is 5.73 Å². The summed E-state index contributed by atoms with van der Waals surface area (Å²) in [5.74, 6) is 0.867. The fourth-order valence-electron chi connectivity index (χ4n) is 2.07. The van der Waals surface area contributed by atoms with E-state index >= 15 is 0 Å². The van der Waals surface area contributed by atoms with Gasteiger partial charge in [0.15, 0.2) is 0 Å². The minimum atomic E-state index is -0.215. The molecule has 0 saturated heterocycles. The summed E-state index contributed by atoms with van der Waals surface area (Å²) in [5, 5.41) is 0. The Kier molecular flexibility index (Phi) is 3.63. The zero-order chi connectivity index (χ0) is 13.1. The molecule has 2 N–H and O–H groups in total. The molecule has 1 unspecified atom stereocenters. The van der Waals surface area contributed by atoms with Gasteiger partial charge >= 0.3 is 0 Å². The zero-order valence-electron chi connectivity index (χ0n) is 11.0. The molecule has 0 amide bonds. The number of methoxy groups -OCH3 is 1. The molecule has 0 fully saturated rings. The summed E-state index contributed by atoms with van der Waals surface area (Å²) in [6, 6.07) is 7.75. The Balaban J connectivity index is 2.49. The second-order valence-corrected chi connectivity index (χ2v) is 4.39. The second kappa shape index (κ2) is 5.19. The van der Waals surface area contributed by atoms with Crippen LogP contribution in [0, 0.1) is 13.8 Å². The Morgan fingerprint density at radius 1 is 1.22 bits per heavy atom. The first-order valence-corrected chi connectivity index (χ1v) is 5.94. The Hall–Kier alpha value is -1.87. The van der Waals surface area contributed by atoms with Crippen molar-refractivity contribution in [3.05, 3.63) is 58.9 Å². The number of aromatic nitrogens is 1. The molecule has 0 aliphatic heterocycles. The molecule has 3 heteroatoms. The van der Waals surface area contributed by atoms with Crippen molar-refractivity contribution in [2.75, 3.05) is 7.11 Å². The highest BCUT2D eigenvalue weighted by atomic mass is 16.5. The fourth-order valence-corrected chi connectivity index (χ4v) is 2.07. The first-order chi connectivity index (χ1) is 8.65. The highest BCUT2D eigenvalue weighted by Crippen LogP contribution is 2.32. The SMILES string of the molecule is COc1c(C(N)c2cccnc2)ccc(C)c1C. The molecular formula is C15H18N2O. The van der Waals surface area contributed by atoms with E-state index in [9.17, 15) is 0 Å². The molecule has 0 radical (unpaired) electrons. The molecular weight excluding hydrogens is 224 g/mol. The van der Waals surface area contributed by atoms with Crippen LogP contribution in [-0.2, 0) is 0 Å². The molecule has 94 valence electrons. The van der Waals surface area contributed by atoms with Crippen molar-refractivity contribution >= 4 is 0 Å². The van der Waals surface area contributed by atoms with Gasteiger partial charge in [-0.15, -0.1) is 0 Å². The Morgan fingerprint density at radius 2 is 2.00 bits per heavy atom. The Bertz CT molecular complexity index is 538. The predicted molar refractivity (Wildman–Crippen MR) is 72.7 cm³/mol. The first kappa shape index (κ1) is 12.6. The van der Waals surface area contributed by atoms with Gasteiger partial charge in [0, 0.05) is 18.0 Å². The summed E-state index contributed by atoms with van der Waals surface area (Å²) >= 11 is 0. The van der Waals surface area contributed by atoms with Crippen LogP contribution in [0.4, 0.5) is 0 Å². The molecule has 1 heterocycles. The van der Waals surface area contributed by atoms with E-state index in [-0.39, 0.29) is 6.04 Å². The normalized spacial score (nSPS) is 12.2. The number of ether oxygens (including phenoxy) is 1. The van der Waals surface area contributed by atoms with Gasteiger partial charge in [-0.25, -0.2) is 0 Å². The van der Waals surface area contributed by atoms with Gasteiger partial charge in [-0.3, -0.25) is 4.98 Å². The Labute approximate surface area is 108 Å². The fraction of sp³-hybridized carbons (Fsp3) is 0.267. The summed E-state index contributed by atoms with van der Waals surface area (Å²) in [6.45, 7) is 4.12. The van der Waals surface area contributed by atoms with E-state index in [1.165, 1.54) is 5.56 Å². The summed E-state index contributed by atoms with van der Waals surface area (Å²) in [6.07, 6.45) is 3.53. The van der Waals surface area contributed by atoms with E-state index in [0.717, 1.165) is 22.4 Å². The number of hydrogen-bond donors (Lipinski definition) is 1. The van der Waals surface area contributed by atoms with Gasteiger partial charge in [-0.2, -0.15) is 0 Å². The number of nitrogens with zero attached hydrogens (tertiary/aromatic N) is 1. The second-order valence-electron chi connectivity index (χ2n) is 4.39. The maximum Gasteiger partial charge on any atom is 0.127 e. The minimum absolute atomic E-state index is 0.215. The molecule has 1 atom stereocenters. The van der Waals surface area contributed by atoms with E-state index < -0.39 is 0 Å². The molecule has 0 aliphatic carbocycles. The van der Waals surface area contributed by atoms with Crippen molar-refractivity contribution in [3.63, 3.8) is 0 Å². The maximum absolute atomic E-state index is 6.29. The lowest BCUT2D eigenvalue weighted by atomic mass is 9.96. The van der Waals surface area contributed by atoms with Gasteiger partial charge in [0.1, 0.15) is 5.75 Å². The largest absolute Gasteiger partial charge is 0.496 e. The van der Waals surface area contributed by atoms with E-state index in [2.05, 4.69) is 18.0 Å². The van der Waals surface area contributed by atoms with Gasteiger partial charge < -0.3 is 10.5 Å². The molecule has 1 aromatic carbocycles. The van der Waals surface area contributed by atoms with Crippen LogP contribution in [0.1, 0.15) is 28.3 Å². The van der Waals surface area contributed by atoms with E-state index in [1.807, 2.05) is 25.1 Å². The topological polar surface area (TPSA) is 48.1 Å². The zero-order valence-corrected chi connectivity index (χ0v) is 11.0. The van der Waals surface area contributed by atoms with Crippen LogP contribution >= 0.6 is 0 Å². The highest BCUT2D eigenvalue weighted by molar-refractivity contribution is 5.49. The van der Waals surface area contributed by atoms with Crippen LogP contribution < -0.4 is 10.5 Å². The summed E-state index contributed by atoms with van der Waals surface area (Å²) in [4.78, 5) is 4.11. The van der Waals surface area contributed by atoms with E-state index in [0.29, 0.717) is 0 Å². The average Bonchev–Trinajstić information content (AvgIpc) is 2.42. The summed E-state index contributed by atoms with van der Waals surface area (Å²) in [7, 11) is 1.68. The first-order valence-electron chi connectivity index (χ1n) is 5.94. The van der Waals surface area contributed by atoms with E-state index in [4.69, 9.17) is 10.5 Å². The molecule has 0 bridgehead atoms. The standard InChI is InChI=1S/C15H18N2O/c1-10-6-7-13(15(18-3)11(10)2)14(16)12-5-4-8-17-9-12/h4-9,14H,16H2,1-3H3. The molecule has 0 spiro atoms.